The average molecular weight is 264 g/mol. The Morgan fingerprint density at radius 3 is 2.85 bits per heavy atom. The SMILES string of the molecule is Cc1cccc([C@@H](C)NCc2ccc3cc[nH]c3c2)c1. The first kappa shape index (κ1) is 12.9. The van der Waals surface area contributed by atoms with Crippen LogP contribution >= 0.6 is 0 Å². The topological polar surface area (TPSA) is 27.8 Å². The van der Waals surface area contributed by atoms with E-state index in [2.05, 4.69) is 72.7 Å². The second kappa shape index (κ2) is 5.51. The molecule has 3 aromatic rings. The number of rotatable bonds is 4. The Morgan fingerprint density at radius 1 is 1.10 bits per heavy atom. The fourth-order valence-electron chi connectivity index (χ4n) is 2.53. The van der Waals surface area contributed by atoms with Crippen molar-refractivity contribution >= 4 is 10.9 Å². The summed E-state index contributed by atoms with van der Waals surface area (Å²) in [5.41, 5.74) is 5.15. The third-order valence-corrected chi connectivity index (χ3v) is 3.77. The normalized spacial score (nSPS) is 12.7. The molecule has 0 amide bonds. The number of aromatic amines is 1. The number of benzene rings is 2. The molecule has 1 heterocycles. The first-order chi connectivity index (χ1) is 9.72. The van der Waals surface area contributed by atoms with Crippen molar-refractivity contribution in [3.63, 3.8) is 0 Å². The van der Waals surface area contributed by atoms with Crippen molar-refractivity contribution in [1.82, 2.24) is 10.3 Å². The third kappa shape index (κ3) is 2.75. The van der Waals surface area contributed by atoms with E-state index in [9.17, 15) is 0 Å². The van der Waals surface area contributed by atoms with Crippen LogP contribution in [0, 0.1) is 6.92 Å². The third-order valence-electron chi connectivity index (χ3n) is 3.77. The van der Waals surface area contributed by atoms with Crippen LogP contribution in [0.2, 0.25) is 0 Å². The minimum absolute atomic E-state index is 0.356. The van der Waals surface area contributed by atoms with Gasteiger partial charge in [-0.25, -0.2) is 0 Å². The van der Waals surface area contributed by atoms with Gasteiger partial charge in [0.2, 0.25) is 0 Å². The van der Waals surface area contributed by atoms with E-state index >= 15 is 0 Å². The molecular weight excluding hydrogens is 244 g/mol. The molecule has 2 aromatic carbocycles. The Kier molecular flexibility index (Phi) is 3.57. The summed E-state index contributed by atoms with van der Waals surface area (Å²) < 4.78 is 0. The number of H-pyrrole nitrogens is 1. The van der Waals surface area contributed by atoms with E-state index in [1.165, 1.54) is 27.6 Å². The van der Waals surface area contributed by atoms with Gasteiger partial charge in [-0.15, -0.1) is 0 Å². The summed E-state index contributed by atoms with van der Waals surface area (Å²) in [6.07, 6.45) is 1.98. The summed E-state index contributed by atoms with van der Waals surface area (Å²) in [5.74, 6) is 0. The number of fused-ring (bicyclic) bond motifs is 1. The van der Waals surface area contributed by atoms with E-state index in [4.69, 9.17) is 0 Å². The zero-order valence-corrected chi connectivity index (χ0v) is 12.0. The predicted molar refractivity (Wildman–Crippen MR) is 84.7 cm³/mol. The van der Waals surface area contributed by atoms with E-state index < -0.39 is 0 Å². The Hall–Kier alpha value is -2.06. The summed E-state index contributed by atoms with van der Waals surface area (Å²) in [5, 5.41) is 4.85. The Morgan fingerprint density at radius 2 is 2.00 bits per heavy atom. The van der Waals surface area contributed by atoms with Crippen LogP contribution in [0.1, 0.15) is 29.7 Å². The molecule has 0 radical (unpaired) electrons. The summed E-state index contributed by atoms with van der Waals surface area (Å²) in [6, 6.07) is 17.7. The van der Waals surface area contributed by atoms with Crippen molar-refractivity contribution < 1.29 is 0 Å². The van der Waals surface area contributed by atoms with E-state index in [1.807, 2.05) is 6.20 Å². The van der Waals surface area contributed by atoms with Crippen LogP contribution in [0.3, 0.4) is 0 Å². The molecule has 2 nitrogen and oxygen atoms in total. The number of hydrogen-bond donors (Lipinski definition) is 2. The molecule has 0 aliphatic carbocycles. The predicted octanol–water partition coefficient (Wildman–Crippen LogP) is 4.33. The quantitative estimate of drug-likeness (QED) is 0.721. The van der Waals surface area contributed by atoms with Gasteiger partial charge in [0, 0.05) is 24.3 Å². The van der Waals surface area contributed by atoms with Crippen molar-refractivity contribution in [2.45, 2.75) is 26.4 Å². The molecule has 0 aliphatic rings. The Balaban J connectivity index is 1.69. The monoisotopic (exact) mass is 264 g/mol. The van der Waals surface area contributed by atoms with Gasteiger partial charge in [-0.1, -0.05) is 42.0 Å². The zero-order chi connectivity index (χ0) is 13.9. The number of aryl methyl sites for hydroxylation is 1. The Labute approximate surface area is 119 Å². The lowest BCUT2D eigenvalue weighted by atomic mass is 10.1. The van der Waals surface area contributed by atoms with Gasteiger partial charge >= 0.3 is 0 Å². The molecule has 0 saturated heterocycles. The van der Waals surface area contributed by atoms with Crippen LogP contribution in [-0.4, -0.2) is 4.98 Å². The second-order valence-electron chi connectivity index (χ2n) is 5.42. The smallest absolute Gasteiger partial charge is 0.0457 e. The summed E-state index contributed by atoms with van der Waals surface area (Å²) in [4.78, 5) is 3.26. The first-order valence-corrected chi connectivity index (χ1v) is 7.08. The molecule has 0 unspecified atom stereocenters. The molecule has 0 bridgehead atoms. The second-order valence-corrected chi connectivity index (χ2v) is 5.42. The molecule has 1 atom stereocenters. The molecule has 0 aliphatic heterocycles. The van der Waals surface area contributed by atoms with Gasteiger partial charge in [0.1, 0.15) is 0 Å². The zero-order valence-electron chi connectivity index (χ0n) is 12.0. The number of aromatic nitrogens is 1. The van der Waals surface area contributed by atoms with Crippen LogP contribution in [0.25, 0.3) is 10.9 Å². The van der Waals surface area contributed by atoms with E-state index in [0.29, 0.717) is 6.04 Å². The molecule has 2 heteroatoms. The highest BCUT2D eigenvalue weighted by Crippen LogP contribution is 2.17. The summed E-state index contributed by atoms with van der Waals surface area (Å²) in [6.45, 7) is 5.22. The van der Waals surface area contributed by atoms with Crippen LogP contribution in [0.15, 0.2) is 54.7 Å². The Bertz CT molecular complexity index is 712. The molecular formula is C18H20N2. The average Bonchev–Trinajstić information content (AvgIpc) is 2.92. The molecule has 2 N–H and O–H groups in total. The van der Waals surface area contributed by atoms with Crippen molar-refractivity contribution in [3.8, 4) is 0 Å². The van der Waals surface area contributed by atoms with Crippen LogP contribution in [-0.2, 0) is 6.54 Å². The lowest BCUT2D eigenvalue weighted by molar-refractivity contribution is 0.574. The first-order valence-electron chi connectivity index (χ1n) is 7.08. The lowest BCUT2D eigenvalue weighted by Crippen LogP contribution is -2.18. The van der Waals surface area contributed by atoms with Gasteiger partial charge in [0.15, 0.2) is 0 Å². The lowest BCUT2D eigenvalue weighted by Gasteiger charge is -2.15. The van der Waals surface area contributed by atoms with Gasteiger partial charge < -0.3 is 10.3 Å². The maximum atomic E-state index is 3.59. The number of hydrogen-bond acceptors (Lipinski definition) is 1. The molecule has 20 heavy (non-hydrogen) atoms. The summed E-state index contributed by atoms with van der Waals surface area (Å²) >= 11 is 0. The van der Waals surface area contributed by atoms with E-state index in [0.717, 1.165) is 6.54 Å². The van der Waals surface area contributed by atoms with E-state index in [1.54, 1.807) is 0 Å². The molecule has 0 saturated carbocycles. The highest BCUT2D eigenvalue weighted by atomic mass is 14.9. The minimum Gasteiger partial charge on any atom is -0.361 e. The van der Waals surface area contributed by atoms with Crippen molar-refractivity contribution in [3.05, 3.63) is 71.4 Å². The molecule has 3 rings (SSSR count). The standard InChI is InChI=1S/C18H20N2/c1-13-4-3-5-17(10-13)14(2)20-12-15-6-7-16-8-9-19-18(16)11-15/h3-11,14,19-20H,12H2,1-2H3/t14-/m1/s1. The maximum absolute atomic E-state index is 3.59. The van der Waals surface area contributed by atoms with Crippen LogP contribution in [0.4, 0.5) is 0 Å². The largest absolute Gasteiger partial charge is 0.361 e. The van der Waals surface area contributed by atoms with Crippen molar-refractivity contribution in [2.24, 2.45) is 0 Å². The van der Waals surface area contributed by atoms with Crippen molar-refractivity contribution in [1.29, 1.82) is 0 Å². The fraction of sp³-hybridized carbons (Fsp3) is 0.222. The highest BCUT2D eigenvalue weighted by molar-refractivity contribution is 5.79. The molecule has 0 fully saturated rings. The van der Waals surface area contributed by atoms with Gasteiger partial charge in [-0.05, 0) is 42.5 Å². The molecule has 0 spiro atoms. The van der Waals surface area contributed by atoms with Crippen LogP contribution < -0.4 is 5.32 Å². The van der Waals surface area contributed by atoms with Gasteiger partial charge in [0.25, 0.3) is 0 Å². The number of nitrogens with one attached hydrogen (secondary N) is 2. The fourth-order valence-corrected chi connectivity index (χ4v) is 2.53. The van der Waals surface area contributed by atoms with Crippen molar-refractivity contribution in [2.75, 3.05) is 0 Å². The summed E-state index contributed by atoms with van der Waals surface area (Å²) in [7, 11) is 0. The molecule has 1 aromatic heterocycles. The van der Waals surface area contributed by atoms with Gasteiger partial charge in [-0.3, -0.25) is 0 Å². The van der Waals surface area contributed by atoms with Gasteiger partial charge in [-0.2, -0.15) is 0 Å². The maximum Gasteiger partial charge on any atom is 0.0457 e. The minimum atomic E-state index is 0.356. The molecule has 102 valence electrons. The van der Waals surface area contributed by atoms with Crippen LogP contribution in [0.5, 0.6) is 0 Å². The highest BCUT2D eigenvalue weighted by Gasteiger charge is 2.05. The van der Waals surface area contributed by atoms with Gasteiger partial charge in [0.05, 0.1) is 0 Å². The van der Waals surface area contributed by atoms with E-state index in [-0.39, 0.29) is 0 Å².